The minimum atomic E-state index is -0.293. The molecule has 4 heteroatoms. The van der Waals surface area contributed by atoms with Gasteiger partial charge < -0.3 is 15.2 Å². The molecule has 1 fully saturated rings. The molecule has 4 nitrogen and oxygen atoms in total. The predicted octanol–water partition coefficient (Wildman–Crippen LogP) is 1.63. The van der Waals surface area contributed by atoms with Gasteiger partial charge in [0, 0.05) is 23.6 Å². The lowest BCUT2D eigenvalue weighted by atomic mass is 9.58. The Bertz CT molecular complexity index is 310. The molecule has 1 aliphatic rings. The first-order valence-electron chi connectivity index (χ1n) is 6.76. The molecule has 0 aliphatic heterocycles. The van der Waals surface area contributed by atoms with Gasteiger partial charge in [-0.15, -0.1) is 0 Å². The summed E-state index contributed by atoms with van der Waals surface area (Å²) in [6.07, 6.45) is 3.03. The molecule has 18 heavy (non-hydrogen) atoms. The highest BCUT2D eigenvalue weighted by molar-refractivity contribution is 5.93. The van der Waals surface area contributed by atoms with Gasteiger partial charge >= 0.3 is 0 Å². The summed E-state index contributed by atoms with van der Waals surface area (Å²) in [4.78, 5) is 11.7. The third kappa shape index (κ3) is 2.59. The number of rotatable bonds is 7. The van der Waals surface area contributed by atoms with Gasteiger partial charge in [0.25, 0.3) is 0 Å². The van der Waals surface area contributed by atoms with E-state index in [2.05, 4.69) is 25.7 Å². The molecule has 104 valence electrons. The molecule has 0 radical (unpaired) electrons. The molecule has 2 atom stereocenters. The number of aliphatic hydroxyl groups excluding tert-OH is 1. The van der Waals surface area contributed by atoms with Crippen LogP contribution in [0.4, 0.5) is 0 Å². The largest absolute Gasteiger partial charge is 0.391 e. The molecule has 1 saturated carbocycles. The standard InChI is InChI=1S/C14H25NO3/c1-5-14(6-2)11(8-12(14)18-7-3)15-13(17)10(4)9-16/h11-12,16H,4-9H2,1-3H3,(H,15,17)/t11-,12+/m1/s1. The summed E-state index contributed by atoms with van der Waals surface area (Å²) < 4.78 is 5.75. The number of carbonyl (C=O) groups is 1. The molecule has 0 aromatic heterocycles. The number of hydrogen-bond donors (Lipinski definition) is 2. The first-order chi connectivity index (χ1) is 8.55. The van der Waals surface area contributed by atoms with Crippen molar-refractivity contribution >= 4 is 5.91 Å². The van der Waals surface area contributed by atoms with Gasteiger partial charge in [-0.05, 0) is 26.2 Å². The maximum atomic E-state index is 11.7. The highest BCUT2D eigenvalue weighted by Crippen LogP contribution is 2.48. The fourth-order valence-electron chi connectivity index (χ4n) is 2.92. The molecular formula is C14H25NO3. The minimum Gasteiger partial charge on any atom is -0.391 e. The predicted molar refractivity (Wildman–Crippen MR) is 71.2 cm³/mol. The maximum Gasteiger partial charge on any atom is 0.249 e. The number of carbonyl (C=O) groups excluding carboxylic acids is 1. The quantitative estimate of drug-likeness (QED) is 0.680. The molecule has 0 aromatic carbocycles. The van der Waals surface area contributed by atoms with Crippen LogP contribution in [0.25, 0.3) is 0 Å². The lowest BCUT2D eigenvalue weighted by molar-refractivity contribution is -0.146. The van der Waals surface area contributed by atoms with Gasteiger partial charge in [0.2, 0.25) is 5.91 Å². The molecule has 0 aromatic rings. The van der Waals surface area contributed by atoms with E-state index >= 15 is 0 Å². The van der Waals surface area contributed by atoms with Crippen LogP contribution in [0.2, 0.25) is 0 Å². The van der Waals surface area contributed by atoms with E-state index in [9.17, 15) is 4.79 Å². The van der Waals surface area contributed by atoms with E-state index < -0.39 is 0 Å². The average Bonchev–Trinajstić information content (AvgIpc) is 2.37. The highest BCUT2D eigenvalue weighted by Gasteiger charge is 2.53. The van der Waals surface area contributed by atoms with E-state index in [1.54, 1.807) is 0 Å². The molecule has 0 unspecified atom stereocenters. The van der Waals surface area contributed by atoms with E-state index in [1.165, 1.54) is 0 Å². The second-order valence-electron chi connectivity index (χ2n) is 4.91. The van der Waals surface area contributed by atoms with Crippen LogP contribution < -0.4 is 5.32 Å². The van der Waals surface area contributed by atoms with Crippen LogP contribution in [0.15, 0.2) is 12.2 Å². The number of aliphatic hydroxyl groups is 1. The van der Waals surface area contributed by atoms with E-state index in [4.69, 9.17) is 9.84 Å². The first-order valence-corrected chi connectivity index (χ1v) is 6.76. The lowest BCUT2D eigenvalue weighted by Gasteiger charge is -2.55. The topological polar surface area (TPSA) is 58.6 Å². The van der Waals surface area contributed by atoms with Gasteiger partial charge in [-0.3, -0.25) is 4.79 Å². The van der Waals surface area contributed by atoms with Crippen LogP contribution in [0.5, 0.6) is 0 Å². The third-order valence-electron chi connectivity index (χ3n) is 4.29. The van der Waals surface area contributed by atoms with Crippen molar-refractivity contribution in [3.05, 3.63) is 12.2 Å². The number of ether oxygens (including phenoxy) is 1. The monoisotopic (exact) mass is 255 g/mol. The fraction of sp³-hybridized carbons (Fsp3) is 0.786. The Morgan fingerprint density at radius 2 is 2.06 bits per heavy atom. The zero-order valence-corrected chi connectivity index (χ0v) is 11.7. The van der Waals surface area contributed by atoms with Crippen LogP contribution in [0, 0.1) is 5.41 Å². The summed E-state index contributed by atoms with van der Waals surface area (Å²) in [5.74, 6) is -0.247. The van der Waals surface area contributed by atoms with Crippen LogP contribution >= 0.6 is 0 Å². The van der Waals surface area contributed by atoms with Crippen molar-refractivity contribution < 1.29 is 14.6 Å². The van der Waals surface area contributed by atoms with Crippen molar-refractivity contribution in [2.45, 2.75) is 52.2 Å². The second kappa shape index (κ2) is 6.34. The molecule has 1 amide bonds. The molecule has 2 N–H and O–H groups in total. The van der Waals surface area contributed by atoms with Crippen molar-refractivity contribution in [2.24, 2.45) is 5.41 Å². The zero-order chi connectivity index (χ0) is 13.8. The Hall–Kier alpha value is -0.870. The average molecular weight is 255 g/mol. The van der Waals surface area contributed by atoms with Crippen molar-refractivity contribution in [1.29, 1.82) is 0 Å². The van der Waals surface area contributed by atoms with Crippen molar-refractivity contribution in [3.8, 4) is 0 Å². The molecule has 1 rings (SSSR count). The van der Waals surface area contributed by atoms with Crippen molar-refractivity contribution in [3.63, 3.8) is 0 Å². The molecular weight excluding hydrogens is 230 g/mol. The van der Waals surface area contributed by atoms with Crippen LogP contribution in [-0.4, -0.2) is 36.4 Å². The summed E-state index contributed by atoms with van der Waals surface area (Å²) in [7, 11) is 0. The number of hydrogen-bond acceptors (Lipinski definition) is 3. The second-order valence-corrected chi connectivity index (χ2v) is 4.91. The summed E-state index contributed by atoms with van der Waals surface area (Å²) >= 11 is 0. The van der Waals surface area contributed by atoms with Gasteiger partial charge in [-0.2, -0.15) is 0 Å². The van der Waals surface area contributed by atoms with Crippen molar-refractivity contribution in [2.75, 3.05) is 13.2 Å². The Morgan fingerprint density at radius 1 is 1.44 bits per heavy atom. The summed E-state index contributed by atoms with van der Waals surface area (Å²) in [5, 5.41) is 11.9. The third-order valence-corrected chi connectivity index (χ3v) is 4.29. The van der Waals surface area contributed by atoms with Crippen LogP contribution in [0.1, 0.15) is 40.0 Å². The van der Waals surface area contributed by atoms with Crippen LogP contribution in [-0.2, 0) is 9.53 Å². The zero-order valence-electron chi connectivity index (χ0n) is 11.7. The lowest BCUT2D eigenvalue weighted by Crippen LogP contribution is -2.64. The van der Waals surface area contributed by atoms with E-state index in [1.807, 2.05) is 6.92 Å². The Morgan fingerprint density at radius 3 is 2.50 bits per heavy atom. The normalized spacial score (nSPS) is 25.3. The number of nitrogens with one attached hydrogen (secondary N) is 1. The Labute approximate surface area is 109 Å². The number of amides is 1. The highest BCUT2D eigenvalue weighted by atomic mass is 16.5. The Kier molecular flexibility index (Phi) is 5.35. The summed E-state index contributed by atoms with van der Waals surface area (Å²) in [6.45, 7) is 10.2. The SMILES string of the molecule is C=C(CO)C(=O)N[C@@H]1C[C@H](OCC)C1(CC)CC. The van der Waals surface area contributed by atoms with E-state index in [-0.39, 0.29) is 35.6 Å². The summed E-state index contributed by atoms with van der Waals surface area (Å²) in [6, 6.07) is 0.125. The van der Waals surface area contributed by atoms with E-state index in [0.29, 0.717) is 6.61 Å². The molecule has 0 saturated heterocycles. The van der Waals surface area contributed by atoms with Crippen LogP contribution in [0.3, 0.4) is 0 Å². The maximum absolute atomic E-state index is 11.7. The van der Waals surface area contributed by atoms with Gasteiger partial charge in [0.1, 0.15) is 0 Å². The fourth-order valence-corrected chi connectivity index (χ4v) is 2.92. The van der Waals surface area contributed by atoms with Crippen molar-refractivity contribution in [1.82, 2.24) is 5.32 Å². The van der Waals surface area contributed by atoms with Gasteiger partial charge in [0.05, 0.1) is 12.7 Å². The molecule has 0 bridgehead atoms. The molecule has 0 spiro atoms. The van der Waals surface area contributed by atoms with Gasteiger partial charge in [-0.1, -0.05) is 20.4 Å². The molecule has 1 aliphatic carbocycles. The Balaban J connectivity index is 2.67. The minimum absolute atomic E-state index is 0.0292. The van der Waals surface area contributed by atoms with E-state index in [0.717, 1.165) is 19.3 Å². The first kappa shape index (κ1) is 15.2. The van der Waals surface area contributed by atoms with Gasteiger partial charge in [0.15, 0.2) is 0 Å². The smallest absolute Gasteiger partial charge is 0.249 e. The molecule has 0 heterocycles. The summed E-state index contributed by atoms with van der Waals surface area (Å²) in [5.41, 5.74) is 0.248. The van der Waals surface area contributed by atoms with Gasteiger partial charge in [-0.25, -0.2) is 0 Å².